The minimum absolute atomic E-state index is 0.216. The lowest BCUT2D eigenvalue weighted by atomic mass is 10.1. The summed E-state index contributed by atoms with van der Waals surface area (Å²) in [6, 6.07) is 7.45. The van der Waals surface area contributed by atoms with Crippen LogP contribution in [0.15, 0.2) is 29.2 Å². The molecule has 4 nitrogen and oxygen atoms in total. The van der Waals surface area contributed by atoms with E-state index in [9.17, 15) is 10.1 Å². The van der Waals surface area contributed by atoms with Crippen LogP contribution in [-0.4, -0.2) is 23.3 Å². The van der Waals surface area contributed by atoms with Gasteiger partial charge in [0, 0.05) is 17.9 Å². The van der Waals surface area contributed by atoms with Crippen molar-refractivity contribution in [3.63, 3.8) is 0 Å². The van der Waals surface area contributed by atoms with Gasteiger partial charge in [0.25, 0.3) is 5.69 Å². The molecular formula is C12H16N2O2S. The zero-order valence-electron chi connectivity index (χ0n) is 9.59. The van der Waals surface area contributed by atoms with Crippen molar-refractivity contribution in [2.45, 2.75) is 30.2 Å². The molecule has 0 aliphatic carbocycles. The minimum Gasteiger partial charge on any atom is -0.313 e. The molecule has 1 fully saturated rings. The Balaban J connectivity index is 1.96. The summed E-state index contributed by atoms with van der Waals surface area (Å²) in [4.78, 5) is 11.3. The number of hydrogen-bond donors (Lipinski definition) is 1. The summed E-state index contributed by atoms with van der Waals surface area (Å²) in [5.41, 5.74) is 0.216. The number of nitro benzene ring substituents is 1. The van der Waals surface area contributed by atoms with Crippen molar-refractivity contribution in [1.29, 1.82) is 0 Å². The summed E-state index contributed by atoms with van der Waals surface area (Å²) in [5, 5.41) is 14.3. The molecule has 0 spiro atoms. The van der Waals surface area contributed by atoms with Crippen molar-refractivity contribution in [3.8, 4) is 0 Å². The Morgan fingerprint density at radius 2 is 2.24 bits per heavy atom. The molecule has 1 unspecified atom stereocenters. The molecule has 17 heavy (non-hydrogen) atoms. The van der Waals surface area contributed by atoms with E-state index in [2.05, 4.69) is 5.32 Å². The molecule has 1 saturated heterocycles. The minimum atomic E-state index is -0.309. The molecule has 1 N–H and O–H groups in total. The fourth-order valence-corrected chi connectivity index (χ4v) is 3.12. The van der Waals surface area contributed by atoms with Crippen LogP contribution >= 0.6 is 11.8 Å². The lowest BCUT2D eigenvalue weighted by Gasteiger charge is -2.22. The number of rotatable bonds is 4. The fourth-order valence-electron chi connectivity index (χ4n) is 1.99. The second-order valence-corrected chi connectivity index (χ2v) is 5.24. The molecule has 1 atom stereocenters. The molecule has 0 bridgehead atoms. The maximum Gasteiger partial charge on any atom is 0.282 e. The summed E-state index contributed by atoms with van der Waals surface area (Å²) in [6.07, 6.45) is 3.68. The highest BCUT2D eigenvalue weighted by atomic mass is 32.2. The number of benzene rings is 1. The Morgan fingerprint density at radius 1 is 1.41 bits per heavy atom. The zero-order valence-corrected chi connectivity index (χ0v) is 10.4. The molecular weight excluding hydrogens is 236 g/mol. The van der Waals surface area contributed by atoms with Gasteiger partial charge in [0.2, 0.25) is 0 Å². The van der Waals surface area contributed by atoms with E-state index >= 15 is 0 Å². The van der Waals surface area contributed by atoms with Crippen LogP contribution in [0, 0.1) is 10.1 Å². The SMILES string of the molecule is O=[N+]([O-])c1ccccc1SCC1CCCCN1. The van der Waals surface area contributed by atoms with Gasteiger partial charge in [-0.05, 0) is 25.5 Å². The van der Waals surface area contributed by atoms with Crippen LogP contribution in [0.3, 0.4) is 0 Å². The van der Waals surface area contributed by atoms with Crippen molar-refractivity contribution in [2.75, 3.05) is 12.3 Å². The topological polar surface area (TPSA) is 55.2 Å². The van der Waals surface area contributed by atoms with Crippen molar-refractivity contribution >= 4 is 17.4 Å². The first kappa shape index (κ1) is 12.4. The van der Waals surface area contributed by atoms with Crippen LogP contribution in [0.5, 0.6) is 0 Å². The molecule has 1 aromatic rings. The van der Waals surface area contributed by atoms with Gasteiger partial charge in [-0.25, -0.2) is 0 Å². The molecule has 2 rings (SSSR count). The van der Waals surface area contributed by atoms with E-state index in [0.29, 0.717) is 6.04 Å². The van der Waals surface area contributed by atoms with E-state index in [0.717, 1.165) is 17.2 Å². The number of thioether (sulfide) groups is 1. The second-order valence-electron chi connectivity index (χ2n) is 4.18. The monoisotopic (exact) mass is 252 g/mol. The number of piperidine rings is 1. The number of para-hydroxylation sites is 1. The molecule has 1 aromatic carbocycles. The highest BCUT2D eigenvalue weighted by molar-refractivity contribution is 7.99. The van der Waals surface area contributed by atoms with Crippen LogP contribution in [0.1, 0.15) is 19.3 Å². The summed E-state index contributed by atoms with van der Waals surface area (Å²) >= 11 is 1.58. The van der Waals surface area contributed by atoms with E-state index in [1.807, 2.05) is 12.1 Å². The molecule has 0 aromatic heterocycles. The van der Waals surface area contributed by atoms with Gasteiger partial charge in [-0.1, -0.05) is 18.6 Å². The van der Waals surface area contributed by atoms with Crippen molar-refractivity contribution in [3.05, 3.63) is 34.4 Å². The van der Waals surface area contributed by atoms with Gasteiger partial charge in [-0.2, -0.15) is 0 Å². The third kappa shape index (κ3) is 3.44. The third-order valence-electron chi connectivity index (χ3n) is 2.91. The quantitative estimate of drug-likeness (QED) is 0.508. The summed E-state index contributed by atoms with van der Waals surface area (Å²) in [6.45, 7) is 1.07. The Morgan fingerprint density at radius 3 is 2.94 bits per heavy atom. The normalized spacial score (nSPS) is 20.1. The van der Waals surface area contributed by atoms with E-state index in [-0.39, 0.29) is 10.6 Å². The predicted molar refractivity (Wildman–Crippen MR) is 69.5 cm³/mol. The summed E-state index contributed by atoms with van der Waals surface area (Å²) in [5.74, 6) is 0.908. The molecule has 1 aliphatic heterocycles. The summed E-state index contributed by atoms with van der Waals surface area (Å²) in [7, 11) is 0. The number of nitrogens with one attached hydrogen (secondary N) is 1. The summed E-state index contributed by atoms with van der Waals surface area (Å²) < 4.78 is 0. The highest BCUT2D eigenvalue weighted by Crippen LogP contribution is 2.29. The number of nitrogens with zero attached hydrogens (tertiary/aromatic N) is 1. The number of hydrogen-bond acceptors (Lipinski definition) is 4. The molecule has 0 saturated carbocycles. The van der Waals surface area contributed by atoms with Gasteiger partial charge in [-0.15, -0.1) is 11.8 Å². The largest absolute Gasteiger partial charge is 0.313 e. The third-order valence-corrected chi connectivity index (χ3v) is 4.14. The van der Waals surface area contributed by atoms with Gasteiger partial charge in [0.1, 0.15) is 0 Å². The van der Waals surface area contributed by atoms with Crippen molar-refractivity contribution < 1.29 is 4.92 Å². The molecule has 5 heteroatoms. The van der Waals surface area contributed by atoms with Gasteiger partial charge in [-0.3, -0.25) is 10.1 Å². The van der Waals surface area contributed by atoms with Gasteiger partial charge >= 0.3 is 0 Å². The van der Waals surface area contributed by atoms with E-state index in [1.165, 1.54) is 19.3 Å². The smallest absolute Gasteiger partial charge is 0.282 e. The average molecular weight is 252 g/mol. The first-order chi connectivity index (χ1) is 8.27. The highest BCUT2D eigenvalue weighted by Gasteiger charge is 2.16. The average Bonchev–Trinajstić information content (AvgIpc) is 2.38. The van der Waals surface area contributed by atoms with Crippen LogP contribution in [-0.2, 0) is 0 Å². The molecule has 0 radical (unpaired) electrons. The Labute approximate surface area is 105 Å². The first-order valence-corrected chi connectivity index (χ1v) is 6.85. The fraction of sp³-hybridized carbons (Fsp3) is 0.500. The molecule has 1 heterocycles. The van der Waals surface area contributed by atoms with Gasteiger partial charge in [0.05, 0.1) is 9.82 Å². The first-order valence-electron chi connectivity index (χ1n) is 5.87. The van der Waals surface area contributed by atoms with Crippen LogP contribution in [0.25, 0.3) is 0 Å². The van der Waals surface area contributed by atoms with E-state index < -0.39 is 0 Å². The standard InChI is InChI=1S/C12H16N2O2S/c15-14(16)11-6-1-2-7-12(11)17-9-10-5-3-4-8-13-10/h1-2,6-7,10,13H,3-5,8-9H2. The zero-order chi connectivity index (χ0) is 12.1. The van der Waals surface area contributed by atoms with Gasteiger partial charge < -0.3 is 5.32 Å². The van der Waals surface area contributed by atoms with E-state index in [1.54, 1.807) is 23.9 Å². The Bertz CT molecular complexity index is 392. The number of nitro groups is 1. The maximum absolute atomic E-state index is 10.8. The molecule has 0 amide bonds. The van der Waals surface area contributed by atoms with Gasteiger partial charge in [0.15, 0.2) is 0 Å². The Hall–Kier alpha value is -1.07. The second kappa shape index (κ2) is 6.02. The predicted octanol–water partition coefficient (Wildman–Crippen LogP) is 2.83. The maximum atomic E-state index is 10.8. The lowest BCUT2D eigenvalue weighted by Crippen LogP contribution is -2.35. The van der Waals surface area contributed by atoms with Crippen LogP contribution in [0.2, 0.25) is 0 Å². The van der Waals surface area contributed by atoms with Crippen LogP contribution < -0.4 is 5.32 Å². The molecule has 92 valence electrons. The lowest BCUT2D eigenvalue weighted by molar-refractivity contribution is -0.387. The Kier molecular flexibility index (Phi) is 4.39. The van der Waals surface area contributed by atoms with Crippen molar-refractivity contribution in [1.82, 2.24) is 5.32 Å². The van der Waals surface area contributed by atoms with Crippen LogP contribution in [0.4, 0.5) is 5.69 Å². The van der Waals surface area contributed by atoms with Crippen molar-refractivity contribution in [2.24, 2.45) is 0 Å². The van der Waals surface area contributed by atoms with E-state index in [4.69, 9.17) is 0 Å². The molecule has 1 aliphatic rings.